The Morgan fingerprint density at radius 3 is 0.917 bits per heavy atom. The van der Waals surface area contributed by atoms with Gasteiger partial charge in [0.05, 0.1) is 6.10 Å². The van der Waals surface area contributed by atoms with Gasteiger partial charge in [-0.3, -0.25) is 9.11 Å². The van der Waals surface area contributed by atoms with Crippen LogP contribution in [0.1, 0.15) is 13.3 Å². The van der Waals surface area contributed by atoms with Gasteiger partial charge in [-0.25, -0.2) is 0 Å². The van der Waals surface area contributed by atoms with E-state index < -0.39 is 67.8 Å². The molecule has 0 aromatic rings. The van der Waals surface area contributed by atoms with E-state index in [9.17, 15) is 78.3 Å². The van der Waals surface area contributed by atoms with E-state index in [2.05, 4.69) is 0 Å². The summed E-state index contributed by atoms with van der Waals surface area (Å²) in [5, 5.41) is 16.5. The standard InChI is InChI=1S/2C4H3F7O3S.C4H10O2/c2*5-2(6,1-15(12,13)14)3(7,8)4(9,10)11;1-4(6)2-3-5/h2*1H2,(H,12,13,14);4-6H,2-3H2,1H3. The molecular formula is C12H16F14O8S2. The molecule has 222 valence electrons. The van der Waals surface area contributed by atoms with Gasteiger partial charge in [-0.2, -0.15) is 78.3 Å². The second-order valence-corrected chi connectivity index (χ2v) is 9.27. The molecule has 0 fully saturated rings. The maximum atomic E-state index is 12.2. The van der Waals surface area contributed by atoms with E-state index >= 15 is 0 Å². The van der Waals surface area contributed by atoms with Gasteiger partial charge in [-0.05, 0) is 13.3 Å². The highest BCUT2D eigenvalue weighted by atomic mass is 32.2. The maximum Gasteiger partial charge on any atom is 0.459 e. The molecule has 0 aliphatic rings. The van der Waals surface area contributed by atoms with Crippen molar-refractivity contribution < 1.29 is 97.6 Å². The second-order valence-electron chi connectivity index (χ2n) is 6.37. The lowest BCUT2D eigenvalue weighted by Crippen LogP contribution is -2.55. The van der Waals surface area contributed by atoms with Gasteiger partial charge in [-0.15, -0.1) is 0 Å². The lowest BCUT2D eigenvalue weighted by Gasteiger charge is -2.26. The summed E-state index contributed by atoms with van der Waals surface area (Å²) in [5.74, 6) is -30.9. The van der Waals surface area contributed by atoms with E-state index in [-0.39, 0.29) is 12.7 Å². The molecule has 0 heterocycles. The first-order valence-corrected chi connectivity index (χ1v) is 11.2. The third kappa shape index (κ3) is 13.3. The summed E-state index contributed by atoms with van der Waals surface area (Å²) in [6.07, 6.45) is -13.1. The van der Waals surface area contributed by atoms with Gasteiger partial charge in [-0.1, -0.05) is 0 Å². The van der Waals surface area contributed by atoms with E-state index in [0.717, 1.165) is 0 Å². The molecule has 0 radical (unpaired) electrons. The Labute approximate surface area is 192 Å². The molecule has 8 nitrogen and oxygen atoms in total. The smallest absolute Gasteiger partial charge is 0.396 e. The van der Waals surface area contributed by atoms with Crippen molar-refractivity contribution >= 4 is 20.2 Å². The van der Waals surface area contributed by atoms with Gasteiger partial charge >= 0.3 is 36.0 Å². The topological polar surface area (TPSA) is 149 Å². The second kappa shape index (κ2) is 12.5. The average molecular weight is 618 g/mol. The minimum absolute atomic E-state index is 0.0810. The fraction of sp³-hybridized carbons (Fsp3) is 1.00. The minimum atomic E-state index is -6.61. The van der Waals surface area contributed by atoms with E-state index in [1.807, 2.05) is 0 Å². The van der Waals surface area contributed by atoms with Crippen molar-refractivity contribution in [1.29, 1.82) is 0 Å². The van der Waals surface area contributed by atoms with Crippen LogP contribution in [0, 0.1) is 0 Å². The van der Waals surface area contributed by atoms with Crippen molar-refractivity contribution in [3.05, 3.63) is 0 Å². The number of rotatable bonds is 8. The third-order valence-corrected chi connectivity index (χ3v) is 4.36. The fourth-order valence-electron chi connectivity index (χ4n) is 1.24. The fourth-order valence-corrected chi connectivity index (χ4v) is 2.52. The molecule has 0 aromatic heterocycles. The molecule has 0 aliphatic heterocycles. The minimum Gasteiger partial charge on any atom is -0.396 e. The average Bonchev–Trinajstić information content (AvgIpc) is 2.48. The summed E-state index contributed by atoms with van der Waals surface area (Å²) in [7, 11) is -11.3. The number of alkyl halides is 14. The van der Waals surface area contributed by atoms with Gasteiger partial charge in [0.15, 0.2) is 0 Å². The van der Waals surface area contributed by atoms with Crippen LogP contribution in [0.5, 0.6) is 0 Å². The SMILES string of the molecule is CC(O)CCO.O=S(=O)(O)CC(F)(F)C(F)(F)C(F)(F)F.O=S(=O)(O)CC(F)(F)C(F)(F)C(F)(F)F. The molecule has 1 unspecified atom stereocenters. The number of halogens is 14. The van der Waals surface area contributed by atoms with Crippen LogP contribution in [-0.2, 0) is 20.2 Å². The highest BCUT2D eigenvalue weighted by Gasteiger charge is 2.74. The Morgan fingerprint density at radius 2 is 0.833 bits per heavy atom. The van der Waals surface area contributed by atoms with Crippen molar-refractivity contribution in [2.75, 3.05) is 18.1 Å². The van der Waals surface area contributed by atoms with Crippen LogP contribution in [0.3, 0.4) is 0 Å². The predicted molar refractivity (Wildman–Crippen MR) is 88.1 cm³/mol. The number of aliphatic hydroxyl groups excluding tert-OH is 2. The Balaban J connectivity index is -0.000000495. The normalized spacial score (nSPS) is 15.3. The predicted octanol–water partition coefficient (Wildman–Crippen LogP) is 3.16. The first-order valence-electron chi connectivity index (χ1n) is 8.02. The Hall–Kier alpha value is -1.24. The van der Waals surface area contributed by atoms with Crippen LogP contribution in [0.2, 0.25) is 0 Å². The Bertz CT molecular complexity index is 810. The molecule has 0 saturated heterocycles. The van der Waals surface area contributed by atoms with E-state index in [1.54, 1.807) is 6.92 Å². The molecule has 0 spiro atoms. The molecule has 36 heavy (non-hydrogen) atoms. The highest BCUT2D eigenvalue weighted by Crippen LogP contribution is 2.47. The Morgan fingerprint density at radius 1 is 0.611 bits per heavy atom. The molecule has 24 heteroatoms. The summed E-state index contributed by atoms with van der Waals surface area (Å²) in [5.41, 5.74) is 0. The van der Waals surface area contributed by atoms with E-state index in [1.165, 1.54) is 0 Å². The number of aliphatic hydroxyl groups is 2. The van der Waals surface area contributed by atoms with Crippen molar-refractivity contribution in [2.45, 2.75) is 55.5 Å². The van der Waals surface area contributed by atoms with Gasteiger partial charge < -0.3 is 10.2 Å². The zero-order valence-electron chi connectivity index (χ0n) is 16.9. The molecule has 0 amide bonds. The molecule has 4 N–H and O–H groups in total. The van der Waals surface area contributed by atoms with Crippen LogP contribution in [0.4, 0.5) is 61.5 Å². The van der Waals surface area contributed by atoms with E-state index in [0.29, 0.717) is 6.42 Å². The largest absolute Gasteiger partial charge is 0.459 e. The molecule has 0 aliphatic carbocycles. The molecule has 0 saturated carbocycles. The molecule has 0 bridgehead atoms. The summed E-state index contributed by atoms with van der Waals surface area (Å²) in [6, 6.07) is 0. The molecule has 1 atom stereocenters. The van der Waals surface area contributed by atoms with Crippen LogP contribution in [0.25, 0.3) is 0 Å². The van der Waals surface area contributed by atoms with Crippen LogP contribution in [-0.4, -0.2) is 96.4 Å². The third-order valence-electron chi connectivity index (χ3n) is 2.91. The van der Waals surface area contributed by atoms with Crippen LogP contribution in [0.15, 0.2) is 0 Å². The van der Waals surface area contributed by atoms with Crippen molar-refractivity contribution in [3.8, 4) is 0 Å². The first kappa shape index (κ1) is 39.3. The zero-order valence-corrected chi connectivity index (χ0v) is 18.6. The van der Waals surface area contributed by atoms with Gasteiger partial charge in [0.2, 0.25) is 0 Å². The summed E-state index contributed by atoms with van der Waals surface area (Å²) in [6.45, 7) is 1.73. The molecule has 0 aromatic carbocycles. The van der Waals surface area contributed by atoms with Crippen molar-refractivity contribution in [3.63, 3.8) is 0 Å². The molecular weight excluding hydrogens is 602 g/mol. The lowest BCUT2D eigenvalue weighted by atomic mass is 10.2. The van der Waals surface area contributed by atoms with Gasteiger partial charge in [0.25, 0.3) is 20.2 Å². The lowest BCUT2D eigenvalue weighted by molar-refractivity contribution is -0.348. The van der Waals surface area contributed by atoms with E-state index in [4.69, 9.17) is 19.3 Å². The van der Waals surface area contributed by atoms with Crippen molar-refractivity contribution in [2.24, 2.45) is 0 Å². The zero-order chi connectivity index (χ0) is 30.4. The molecule has 0 rings (SSSR count). The highest BCUT2D eigenvalue weighted by molar-refractivity contribution is 7.86. The van der Waals surface area contributed by atoms with Crippen LogP contribution >= 0.6 is 0 Å². The monoisotopic (exact) mass is 618 g/mol. The number of hydrogen-bond donors (Lipinski definition) is 4. The Kier molecular flexibility index (Phi) is 13.7. The van der Waals surface area contributed by atoms with Gasteiger partial charge in [0, 0.05) is 6.61 Å². The summed E-state index contributed by atoms with van der Waals surface area (Å²) in [4.78, 5) is 0. The van der Waals surface area contributed by atoms with Crippen LogP contribution < -0.4 is 0 Å². The number of hydrogen-bond acceptors (Lipinski definition) is 6. The van der Waals surface area contributed by atoms with Gasteiger partial charge in [0.1, 0.15) is 11.5 Å². The maximum absolute atomic E-state index is 12.2. The summed E-state index contributed by atoms with van der Waals surface area (Å²) >= 11 is 0. The quantitative estimate of drug-likeness (QED) is 0.240. The first-order chi connectivity index (χ1) is 15.2. The summed E-state index contributed by atoms with van der Waals surface area (Å²) < 4.78 is 220. The van der Waals surface area contributed by atoms with Crippen molar-refractivity contribution in [1.82, 2.24) is 0 Å².